The molecule has 0 bridgehead atoms. The maximum atomic E-state index is 13.2. The standard InChI is InChI=1S/C14H10BrFN2O/c1-19-10-3-4-11(12(15)6-10)13-8-18-7-9(16)2-5-14(18)17-13/h2-8H,1H3. The number of pyridine rings is 1. The van der Waals surface area contributed by atoms with Crippen molar-refractivity contribution in [1.29, 1.82) is 0 Å². The molecule has 2 heterocycles. The highest BCUT2D eigenvalue weighted by Crippen LogP contribution is 2.31. The number of fused-ring (bicyclic) bond motifs is 1. The number of hydrogen-bond donors (Lipinski definition) is 0. The van der Waals surface area contributed by atoms with E-state index in [4.69, 9.17) is 4.74 Å². The van der Waals surface area contributed by atoms with Crippen LogP contribution in [0.4, 0.5) is 4.39 Å². The van der Waals surface area contributed by atoms with Crippen LogP contribution in [0.15, 0.2) is 47.2 Å². The van der Waals surface area contributed by atoms with E-state index in [1.807, 2.05) is 18.2 Å². The first-order chi connectivity index (χ1) is 9.17. The van der Waals surface area contributed by atoms with Crippen molar-refractivity contribution in [2.45, 2.75) is 0 Å². The average Bonchev–Trinajstić information content (AvgIpc) is 2.81. The fourth-order valence-corrected chi connectivity index (χ4v) is 2.49. The molecule has 2 aromatic heterocycles. The van der Waals surface area contributed by atoms with Crippen LogP contribution in [0.5, 0.6) is 5.75 Å². The van der Waals surface area contributed by atoms with Crippen LogP contribution in [-0.4, -0.2) is 16.5 Å². The van der Waals surface area contributed by atoms with Gasteiger partial charge in [0, 0.05) is 22.4 Å². The number of ether oxygens (including phenoxy) is 1. The molecule has 1 aromatic carbocycles. The van der Waals surface area contributed by atoms with Crippen molar-refractivity contribution in [3.8, 4) is 17.0 Å². The molecule has 0 amide bonds. The third-order valence-electron chi connectivity index (χ3n) is 2.87. The number of rotatable bonds is 2. The predicted molar refractivity (Wildman–Crippen MR) is 74.8 cm³/mol. The van der Waals surface area contributed by atoms with E-state index < -0.39 is 0 Å². The van der Waals surface area contributed by atoms with Crippen LogP contribution in [0.3, 0.4) is 0 Å². The molecule has 0 spiro atoms. The second-order valence-corrected chi connectivity index (χ2v) is 4.94. The minimum Gasteiger partial charge on any atom is -0.497 e. The van der Waals surface area contributed by atoms with Crippen molar-refractivity contribution in [1.82, 2.24) is 9.38 Å². The SMILES string of the molecule is COc1ccc(-c2cn3cc(F)ccc3n2)c(Br)c1. The van der Waals surface area contributed by atoms with E-state index >= 15 is 0 Å². The Bertz CT molecular complexity index is 754. The van der Waals surface area contributed by atoms with Gasteiger partial charge in [0.05, 0.1) is 12.8 Å². The second-order valence-electron chi connectivity index (χ2n) is 4.08. The van der Waals surface area contributed by atoms with E-state index in [1.165, 1.54) is 12.3 Å². The van der Waals surface area contributed by atoms with Crippen molar-refractivity contribution in [3.05, 3.63) is 53.0 Å². The summed E-state index contributed by atoms with van der Waals surface area (Å²) in [6, 6.07) is 8.71. The molecule has 0 saturated carbocycles. The van der Waals surface area contributed by atoms with Crippen LogP contribution >= 0.6 is 15.9 Å². The van der Waals surface area contributed by atoms with Crippen molar-refractivity contribution < 1.29 is 9.13 Å². The van der Waals surface area contributed by atoms with E-state index in [2.05, 4.69) is 20.9 Å². The van der Waals surface area contributed by atoms with E-state index in [9.17, 15) is 4.39 Å². The Morgan fingerprint density at radius 3 is 2.79 bits per heavy atom. The smallest absolute Gasteiger partial charge is 0.139 e. The van der Waals surface area contributed by atoms with Crippen LogP contribution in [0.1, 0.15) is 0 Å². The molecule has 19 heavy (non-hydrogen) atoms. The Labute approximate surface area is 117 Å². The molecule has 0 N–H and O–H groups in total. The molecule has 3 rings (SSSR count). The van der Waals surface area contributed by atoms with Gasteiger partial charge in [-0.25, -0.2) is 9.37 Å². The van der Waals surface area contributed by atoms with E-state index in [0.29, 0.717) is 5.65 Å². The molecule has 0 atom stereocenters. The largest absolute Gasteiger partial charge is 0.497 e. The fraction of sp³-hybridized carbons (Fsp3) is 0.0714. The van der Waals surface area contributed by atoms with Gasteiger partial charge in [-0.3, -0.25) is 0 Å². The molecule has 3 nitrogen and oxygen atoms in total. The highest BCUT2D eigenvalue weighted by atomic mass is 79.9. The first kappa shape index (κ1) is 12.2. The van der Waals surface area contributed by atoms with Gasteiger partial charge >= 0.3 is 0 Å². The van der Waals surface area contributed by atoms with Gasteiger partial charge in [-0.05, 0) is 46.3 Å². The van der Waals surface area contributed by atoms with Crippen LogP contribution < -0.4 is 4.74 Å². The monoisotopic (exact) mass is 320 g/mol. The molecule has 0 aliphatic rings. The first-order valence-corrected chi connectivity index (χ1v) is 6.45. The van der Waals surface area contributed by atoms with Gasteiger partial charge in [0.25, 0.3) is 0 Å². The first-order valence-electron chi connectivity index (χ1n) is 5.65. The van der Waals surface area contributed by atoms with E-state index in [0.717, 1.165) is 21.5 Å². The van der Waals surface area contributed by atoms with Crippen molar-refractivity contribution in [2.24, 2.45) is 0 Å². The minimum atomic E-state index is -0.287. The molecule has 0 radical (unpaired) electrons. The highest BCUT2D eigenvalue weighted by molar-refractivity contribution is 9.10. The summed E-state index contributed by atoms with van der Waals surface area (Å²) < 4.78 is 20.9. The normalized spacial score (nSPS) is 10.9. The van der Waals surface area contributed by atoms with Crippen LogP contribution in [0.2, 0.25) is 0 Å². The van der Waals surface area contributed by atoms with Crippen molar-refractivity contribution in [3.63, 3.8) is 0 Å². The number of imidazole rings is 1. The minimum absolute atomic E-state index is 0.287. The third-order valence-corrected chi connectivity index (χ3v) is 3.52. The van der Waals surface area contributed by atoms with Gasteiger partial charge < -0.3 is 9.14 Å². The number of hydrogen-bond acceptors (Lipinski definition) is 2. The lowest BCUT2D eigenvalue weighted by atomic mass is 10.1. The summed E-state index contributed by atoms with van der Waals surface area (Å²) in [5.41, 5.74) is 2.42. The van der Waals surface area contributed by atoms with Gasteiger partial charge in [0.15, 0.2) is 0 Å². The Morgan fingerprint density at radius 2 is 2.05 bits per heavy atom. The van der Waals surface area contributed by atoms with Gasteiger partial charge in [0.1, 0.15) is 17.2 Å². The number of halogens is 2. The lowest BCUT2D eigenvalue weighted by Crippen LogP contribution is -1.84. The zero-order valence-corrected chi connectivity index (χ0v) is 11.7. The summed E-state index contributed by atoms with van der Waals surface area (Å²) in [7, 11) is 1.62. The van der Waals surface area contributed by atoms with Gasteiger partial charge in [-0.15, -0.1) is 0 Å². The molecule has 3 aromatic rings. The fourth-order valence-electron chi connectivity index (χ4n) is 1.92. The lowest BCUT2D eigenvalue weighted by molar-refractivity contribution is 0.414. The Kier molecular flexibility index (Phi) is 2.98. The molecule has 5 heteroatoms. The predicted octanol–water partition coefficient (Wildman–Crippen LogP) is 3.91. The number of benzene rings is 1. The Hall–Kier alpha value is -1.88. The number of aromatic nitrogens is 2. The van der Waals surface area contributed by atoms with Crippen LogP contribution in [0, 0.1) is 5.82 Å². The number of methoxy groups -OCH3 is 1. The average molecular weight is 321 g/mol. The quantitative estimate of drug-likeness (QED) is 0.715. The summed E-state index contributed by atoms with van der Waals surface area (Å²) in [6.45, 7) is 0. The zero-order valence-electron chi connectivity index (χ0n) is 10.1. The molecule has 0 fully saturated rings. The second kappa shape index (κ2) is 4.66. The van der Waals surface area contributed by atoms with Crippen LogP contribution in [-0.2, 0) is 0 Å². The maximum absolute atomic E-state index is 13.2. The summed E-state index contributed by atoms with van der Waals surface area (Å²) in [4.78, 5) is 4.47. The highest BCUT2D eigenvalue weighted by Gasteiger charge is 2.09. The van der Waals surface area contributed by atoms with Gasteiger partial charge in [-0.2, -0.15) is 0 Å². The Morgan fingerprint density at radius 1 is 1.21 bits per heavy atom. The van der Waals surface area contributed by atoms with Gasteiger partial charge in [0.2, 0.25) is 0 Å². The molecule has 0 aliphatic carbocycles. The summed E-state index contributed by atoms with van der Waals surface area (Å²) >= 11 is 3.49. The third kappa shape index (κ3) is 2.21. The topological polar surface area (TPSA) is 26.5 Å². The summed E-state index contributed by atoms with van der Waals surface area (Å²) in [5, 5.41) is 0. The van der Waals surface area contributed by atoms with Gasteiger partial charge in [-0.1, -0.05) is 0 Å². The number of nitrogens with zero attached hydrogens (tertiary/aromatic N) is 2. The molecular weight excluding hydrogens is 311 g/mol. The molecular formula is C14H10BrFN2O. The van der Waals surface area contributed by atoms with Crippen molar-refractivity contribution >= 4 is 21.6 Å². The zero-order chi connectivity index (χ0) is 13.4. The summed E-state index contributed by atoms with van der Waals surface area (Å²) in [5.74, 6) is 0.482. The maximum Gasteiger partial charge on any atom is 0.139 e. The molecule has 0 saturated heterocycles. The Balaban J connectivity index is 2.13. The molecule has 0 unspecified atom stereocenters. The molecule has 96 valence electrons. The summed E-state index contributed by atoms with van der Waals surface area (Å²) in [6.07, 6.45) is 3.20. The van der Waals surface area contributed by atoms with Crippen molar-refractivity contribution in [2.75, 3.05) is 7.11 Å². The lowest BCUT2D eigenvalue weighted by Gasteiger charge is -2.04. The van der Waals surface area contributed by atoms with E-state index in [1.54, 1.807) is 23.8 Å². The molecule has 0 aliphatic heterocycles. The van der Waals surface area contributed by atoms with E-state index in [-0.39, 0.29) is 5.82 Å². The van der Waals surface area contributed by atoms with Crippen LogP contribution in [0.25, 0.3) is 16.9 Å².